The molecule has 5 nitrogen and oxygen atoms in total. The monoisotopic (exact) mass is 333 g/mol. The number of aromatic nitrogens is 1. The molecule has 0 aromatic carbocycles. The Morgan fingerprint density at radius 3 is 2.54 bits per heavy atom. The Kier molecular flexibility index (Phi) is 6.90. The average Bonchev–Trinajstić information content (AvgIpc) is 2.97. The molecule has 0 amide bonds. The molecule has 0 aliphatic rings. The lowest BCUT2D eigenvalue weighted by molar-refractivity contribution is -0.0352. The fourth-order valence-corrected chi connectivity index (χ4v) is 1.97. The van der Waals surface area contributed by atoms with E-state index in [9.17, 15) is 20.1 Å². The van der Waals surface area contributed by atoms with Gasteiger partial charge in [-0.1, -0.05) is 24.3 Å². The van der Waals surface area contributed by atoms with E-state index < -0.39 is 17.3 Å². The average molecular weight is 333 g/mol. The van der Waals surface area contributed by atoms with E-state index in [1.807, 2.05) is 0 Å². The molecule has 1 aromatic rings. The van der Waals surface area contributed by atoms with Crippen molar-refractivity contribution < 1.29 is 20.1 Å². The van der Waals surface area contributed by atoms with Gasteiger partial charge >= 0.3 is 0 Å². The maximum Gasteiger partial charge on any atom is 0.202 e. The number of H-pyrrole nitrogens is 1. The lowest BCUT2D eigenvalue weighted by atomic mass is 9.93. The summed E-state index contributed by atoms with van der Waals surface area (Å²) in [5, 5.41) is 30.0. The summed E-state index contributed by atoms with van der Waals surface area (Å²) in [6.07, 6.45) is 8.46. The van der Waals surface area contributed by atoms with E-state index in [-0.39, 0.29) is 12.2 Å². The summed E-state index contributed by atoms with van der Waals surface area (Å²) >= 11 is 0. The first-order valence-corrected chi connectivity index (χ1v) is 7.86. The molecule has 1 aromatic heterocycles. The molecule has 1 heterocycles. The summed E-state index contributed by atoms with van der Waals surface area (Å²) in [5.41, 5.74) is -1.18. The van der Waals surface area contributed by atoms with Crippen LogP contribution in [0.3, 0.4) is 0 Å². The highest BCUT2D eigenvalue weighted by Gasteiger charge is 2.27. The smallest absolute Gasteiger partial charge is 0.202 e. The highest BCUT2D eigenvalue weighted by molar-refractivity contribution is 6.03. The minimum absolute atomic E-state index is 0.156. The van der Waals surface area contributed by atoms with Crippen molar-refractivity contribution in [3.8, 4) is 0 Å². The van der Waals surface area contributed by atoms with E-state index in [1.54, 1.807) is 57.3 Å². The number of carbonyl (C=O) groups is 1. The molecular weight excluding hydrogens is 306 g/mol. The minimum Gasteiger partial charge on any atom is -0.387 e. The minimum atomic E-state index is -1.37. The Bertz CT molecular complexity index is 616. The number of allylic oxidation sites excluding steroid dienone is 3. The Morgan fingerprint density at radius 2 is 2.00 bits per heavy atom. The van der Waals surface area contributed by atoms with Crippen LogP contribution in [0.1, 0.15) is 44.6 Å². The molecule has 4 N–H and O–H groups in total. The van der Waals surface area contributed by atoms with Gasteiger partial charge in [0.25, 0.3) is 0 Å². The molecule has 0 fully saturated rings. The van der Waals surface area contributed by atoms with E-state index in [0.717, 1.165) is 0 Å². The highest BCUT2D eigenvalue weighted by atomic mass is 16.3. The van der Waals surface area contributed by atoms with Crippen LogP contribution in [0.2, 0.25) is 0 Å². The summed E-state index contributed by atoms with van der Waals surface area (Å²) in [5.74, 6) is -0.156. The molecular formula is C19H27NO4. The second kappa shape index (κ2) is 8.24. The quantitative estimate of drug-likeness (QED) is 0.254. The van der Waals surface area contributed by atoms with Crippen molar-refractivity contribution in [1.82, 2.24) is 4.98 Å². The van der Waals surface area contributed by atoms with Gasteiger partial charge in [-0.3, -0.25) is 4.79 Å². The van der Waals surface area contributed by atoms with Crippen LogP contribution >= 0.6 is 0 Å². The van der Waals surface area contributed by atoms with Gasteiger partial charge in [0.05, 0.1) is 16.9 Å². The third-order valence-corrected chi connectivity index (χ3v) is 3.46. The molecule has 5 heteroatoms. The second-order valence-corrected chi connectivity index (χ2v) is 6.76. The predicted molar refractivity (Wildman–Crippen MR) is 94.7 cm³/mol. The SMILES string of the molecule is CC(=C/C(=O)c1ccc[nH]1)/C=C/C(O)C(C)(O)C/C=C/C(C)(C)O. The second-order valence-electron chi connectivity index (χ2n) is 6.76. The van der Waals surface area contributed by atoms with E-state index in [4.69, 9.17) is 0 Å². The van der Waals surface area contributed by atoms with Crippen molar-refractivity contribution in [3.05, 3.63) is 60.0 Å². The zero-order valence-corrected chi connectivity index (χ0v) is 14.7. The lowest BCUT2D eigenvalue weighted by Gasteiger charge is -2.26. The molecule has 2 unspecified atom stereocenters. The summed E-state index contributed by atoms with van der Waals surface area (Å²) in [4.78, 5) is 14.7. The number of rotatable bonds is 8. The van der Waals surface area contributed by atoms with Crippen molar-refractivity contribution in [2.24, 2.45) is 0 Å². The molecule has 24 heavy (non-hydrogen) atoms. The standard InChI is InChI=1S/C19H27NO4/c1-14(13-16(21)15-7-5-12-20-15)8-9-17(22)19(4,24)11-6-10-18(2,3)23/h5-10,12-13,17,20,22-24H,11H2,1-4H3/b9-8+,10-6+,14-13-. The van der Waals surface area contributed by atoms with Crippen molar-refractivity contribution in [2.75, 3.05) is 0 Å². The number of aliphatic hydroxyl groups excluding tert-OH is 1. The molecule has 0 saturated carbocycles. The molecule has 1 rings (SSSR count). The van der Waals surface area contributed by atoms with Crippen LogP contribution in [0.15, 0.2) is 54.3 Å². The fraction of sp³-hybridized carbons (Fsp3) is 0.421. The van der Waals surface area contributed by atoms with E-state index in [2.05, 4.69) is 4.98 Å². The maximum absolute atomic E-state index is 11.9. The summed E-state index contributed by atoms with van der Waals surface area (Å²) in [6.45, 7) is 6.51. The largest absolute Gasteiger partial charge is 0.387 e. The molecule has 0 bridgehead atoms. The molecule has 0 radical (unpaired) electrons. The molecule has 132 valence electrons. The summed E-state index contributed by atoms with van der Waals surface area (Å²) < 4.78 is 0. The number of carbonyl (C=O) groups excluding carboxylic acids is 1. The zero-order chi connectivity index (χ0) is 18.4. The summed E-state index contributed by atoms with van der Waals surface area (Å²) in [6, 6.07) is 3.43. The first kappa shape index (κ1) is 20.1. The molecule has 0 aliphatic carbocycles. The van der Waals surface area contributed by atoms with E-state index in [0.29, 0.717) is 11.3 Å². The molecule has 0 spiro atoms. The van der Waals surface area contributed by atoms with Crippen LogP contribution in [-0.4, -0.2) is 43.4 Å². The van der Waals surface area contributed by atoms with Gasteiger partial charge in [-0.15, -0.1) is 0 Å². The molecule has 0 aliphatic heterocycles. The highest BCUT2D eigenvalue weighted by Crippen LogP contribution is 2.18. The Hall–Kier alpha value is -1.95. The van der Waals surface area contributed by atoms with Gasteiger partial charge in [-0.2, -0.15) is 0 Å². The normalized spacial score (nSPS) is 17.4. The van der Waals surface area contributed by atoms with Gasteiger partial charge in [0.2, 0.25) is 5.78 Å². The fourth-order valence-electron chi connectivity index (χ4n) is 1.97. The van der Waals surface area contributed by atoms with E-state index in [1.165, 1.54) is 19.1 Å². The van der Waals surface area contributed by atoms with Crippen molar-refractivity contribution in [2.45, 2.75) is 51.4 Å². The van der Waals surface area contributed by atoms with Crippen LogP contribution in [0.25, 0.3) is 0 Å². The number of ketones is 1. The predicted octanol–water partition coefficient (Wildman–Crippen LogP) is 2.53. The van der Waals surface area contributed by atoms with Gasteiger partial charge < -0.3 is 20.3 Å². The number of hydrogen-bond donors (Lipinski definition) is 4. The third kappa shape index (κ3) is 7.08. The first-order chi connectivity index (χ1) is 11.0. The Labute approximate surface area is 143 Å². The molecule has 0 saturated heterocycles. The van der Waals surface area contributed by atoms with Crippen LogP contribution < -0.4 is 0 Å². The number of nitrogens with one attached hydrogen (secondary N) is 1. The lowest BCUT2D eigenvalue weighted by Crippen LogP contribution is -2.37. The summed E-state index contributed by atoms with van der Waals surface area (Å²) in [7, 11) is 0. The van der Waals surface area contributed by atoms with Crippen LogP contribution in [-0.2, 0) is 0 Å². The van der Waals surface area contributed by atoms with Crippen LogP contribution in [0, 0.1) is 0 Å². The first-order valence-electron chi connectivity index (χ1n) is 7.86. The van der Waals surface area contributed by atoms with Gasteiger partial charge in [0.15, 0.2) is 0 Å². The van der Waals surface area contributed by atoms with Crippen LogP contribution in [0.4, 0.5) is 0 Å². The Morgan fingerprint density at radius 1 is 1.33 bits per heavy atom. The third-order valence-electron chi connectivity index (χ3n) is 3.46. The topological polar surface area (TPSA) is 93.6 Å². The van der Waals surface area contributed by atoms with Gasteiger partial charge in [-0.05, 0) is 57.9 Å². The zero-order valence-electron chi connectivity index (χ0n) is 14.7. The number of aromatic amines is 1. The number of aliphatic hydroxyl groups is 3. The Balaban J connectivity index is 2.67. The van der Waals surface area contributed by atoms with Gasteiger partial charge in [0, 0.05) is 6.20 Å². The van der Waals surface area contributed by atoms with Crippen molar-refractivity contribution >= 4 is 5.78 Å². The number of hydrogen-bond acceptors (Lipinski definition) is 4. The molecule has 2 atom stereocenters. The van der Waals surface area contributed by atoms with Crippen molar-refractivity contribution in [1.29, 1.82) is 0 Å². The van der Waals surface area contributed by atoms with E-state index >= 15 is 0 Å². The maximum atomic E-state index is 11.9. The van der Waals surface area contributed by atoms with Crippen molar-refractivity contribution in [3.63, 3.8) is 0 Å². The van der Waals surface area contributed by atoms with Gasteiger partial charge in [-0.25, -0.2) is 0 Å². The van der Waals surface area contributed by atoms with Gasteiger partial charge in [0.1, 0.15) is 6.10 Å². The van der Waals surface area contributed by atoms with Crippen LogP contribution in [0.5, 0.6) is 0 Å².